The summed E-state index contributed by atoms with van der Waals surface area (Å²) in [6.45, 7) is 2.61. The number of ether oxygens (including phenoxy) is 1. The summed E-state index contributed by atoms with van der Waals surface area (Å²) in [5.74, 6) is 0. The second-order valence-corrected chi connectivity index (χ2v) is 8.18. The summed E-state index contributed by atoms with van der Waals surface area (Å²) in [7, 11) is -3.35. The maximum absolute atomic E-state index is 13.0. The molecule has 2 aliphatic rings. The number of hydrogen-bond acceptors (Lipinski definition) is 3. The lowest BCUT2D eigenvalue weighted by atomic mass is 9.98. The molecule has 0 radical (unpaired) electrons. The number of piperidine rings is 1. The first-order valence-electron chi connectivity index (χ1n) is 8.56. The van der Waals surface area contributed by atoms with Crippen molar-refractivity contribution in [2.45, 2.75) is 38.1 Å². The molecule has 0 aromatic heterocycles. The Labute approximate surface area is 139 Å². The van der Waals surface area contributed by atoms with Crippen molar-refractivity contribution in [3.8, 4) is 0 Å². The molecule has 1 aromatic rings. The van der Waals surface area contributed by atoms with Gasteiger partial charge in [-0.1, -0.05) is 36.8 Å². The first-order valence-corrected chi connectivity index (χ1v) is 9.96. The third kappa shape index (κ3) is 4.12. The fourth-order valence-electron chi connectivity index (χ4n) is 3.47. The van der Waals surface area contributed by atoms with Crippen LogP contribution in [0.15, 0.2) is 30.3 Å². The lowest BCUT2D eigenvalue weighted by Crippen LogP contribution is -2.53. The Morgan fingerprint density at radius 2 is 1.78 bits per heavy atom. The van der Waals surface area contributed by atoms with Gasteiger partial charge in [0.1, 0.15) is 0 Å². The van der Waals surface area contributed by atoms with Crippen LogP contribution in [0.4, 0.5) is 0 Å². The molecule has 0 unspecified atom stereocenters. The molecule has 3 rings (SSSR count). The number of morpholine rings is 1. The molecule has 128 valence electrons. The van der Waals surface area contributed by atoms with E-state index < -0.39 is 10.2 Å². The highest BCUT2D eigenvalue weighted by Crippen LogP contribution is 2.26. The van der Waals surface area contributed by atoms with E-state index >= 15 is 0 Å². The molecule has 2 aliphatic heterocycles. The third-order valence-corrected chi connectivity index (χ3v) is 6.87. The lowest BCUT2D eigenvalue weighted by Gasteiger charge is -2.39. The zero-order valence-corrected chi connectivity index (χ0v) is 14.4. The van der Waals surface area contributed by atoms with E-state index in [0.717, 1.165) is 32.1 Å². The Hall–Kier alpha value is -0.950. The number of aryl methyl sites for hydroxylation is 1. The SMILES string of the molecule is O=S(=O)(N1CCOCC1)N1CCCC[C@H]1CCc1ccccc1. The van der Waals surface area contributed by atoms with Crippen LogP contribution in [0.25, 0.3) is 0 Å². The van der Waals surface area contributed by atoms with Gasteiger partial charge in [0, 0.05) is 25.7 Å². The van der Waals surface area contributed by atoms with Crippen molar-refractivity contribution in [1.82, 2.24) is 8.61 Å². The van der Waals surface area contributed by atoms with Crippen molar-refractivity contribution in [1.29, 1.82) is 0 Å². The molecule has 0 saturated carbocycles. The van der Waals surface area contributed by atoms with Crippen molar-refractivity contribution < 1.29 is 13.2 Å². The van der Waals surface area contributed by atoms with E-state index in [-0.39, 0.29) is 6.04 Å². The average Bonchev–Trinajstić information content (AvgIpc) is 2.62. The summed E-state index contributed by atoms with van der Waals surface area (Å²) in [6, 6.07) is 10.4. The van der Waals surface area contributed by atoms with Crippen molar-refractivity contribution in [3.63, 3.8) is 0 Å². The van der Waals surface area contributed by atoms with Gasteiger partial charge in [-0.2, -0.15) is 17.0 Å². The quantitative estimate of drug-likeness (QED) is 0.826. The van der Waals surface area contributed by atoms with Crippen molar-refractivity contribution in [2.75, 3.05) is 32.8 Å². The van der Waals surface area contributed by atoms with E-state index in [1.807, 2.05) is 18.2 Å². The predicted molar refractivity (Wildman–Crippen MR) is 90.4 cm³/mol. The first-order chi connectivity index (χ1) is 11.2. The van der Waals surface area contributed by atoms with Crippen LogP contribution in [-0.4, -0.2) is 55.9 Å². The van der Waals surface area contributed by atoms with Gasteiger partial charge in [-0.25, -0.2) is 0 Å². The lowest BCUT2D eigenvalue weighted by molar-refractivity contribution is 0.0680. The molecule has 0 N–H and O–H groups in total. The van der Waals surface area contributed by atoms with Gasteiger partial charge in [-0.15, -0.1) is 0 Å². The van der Waals surface area contributed by atoms with E-state index in [0.29, 0.717) is 32.8 Å². The largest absolute Gasteiger partial charge is 0.379 e. The van der Waals surface area contributed by atoms with Gasteiger partial charge >= 0.3 is 0 Å². The molecule has 1 atom stereocenters. The highest BCUT2D eigenvalue weighted by Gasteiger charge is 2.36. The highest BCUT2D eigenvalue weighted by molar-refractivity contribution is 7.86. The van der Waals surface area contributed by atoms with E-state index in [9.17, 15) is 8.42 Å². The Bertz CT molecular complexity index is 585. The van der Waals surface area contributed by atoms with Gasteiger partial charge in [0.25, 0.3) is 10.2 Å². The van der Waals surface area contributed by atoms with Crippen molar-refractivity contribution in [3.05, 3.63) is 35.9 Å². The third-order valence-electron chi connectivity index (χ3n) is 4.77. The van der Waals surface area contributed by atoms with Gasteiger partial charge in [0.15, 0.2) is 0 Å². The Balaban J connectivity index is 1.68. The van der Waals surface area contributed by atoms with Crippen LogP contribution in [0.1, 0.15) is 31.2 Å². The molecular weight excluding hydrogens is 312 g/mol. The van der Waals surface area contributed by atoms with E-state index in [4.69, 9.17) is 4.74 Å². The van der Waals surface area contributed by atoms with Gasteiger partial charge in [0.05, 0.1) is 13.2 Å². The fraction of sp³-hybridized carbons (Fsp3) is 0.647. The molecule has 1 aromatic carbocycles. The number of rotatable bonds is 5. The molecule has 0 amide bonds. The summed E-state index contributed by atoms with van der Waals surface area (Å²) >= 11 is 0. The van der Waals surface area contributed by atoms with Crippen LogP contribution in [0.3, 0.4) is 0 Å². The van der Waals surface area contributed by atoms with Crippen LogP contribution >= 0.6 is 0 Å². The summed E-state index contributed by atoms with van der Waals surface area (Å²) < 4.78 is 34.6. The van der Waals surface area contributed by atoms with Crippen LogP contribution in [0, 0.1) is 0 Å². The maximum atomic E-state index is 13.0. The van der Waals surface area contributed by atoms with Crippen molar-refractivity contribution >= 4 is 10.2 Å². The molecule has 0 aliphatic carbocycles. The van der Waals surface area contributed by atoms with Crippen molar-refractivity contribution in [2.24, 2.45) is 0 Å². The molecule has 2 saturated heterocycles. The van der Waals surface area contributed by atoms with Crippen LogP contribution in [0.5, 0.6) is 0 Å². The summed E-state index contributed by atoms with van der Waals surface area (Å²) in [5, 5.41) is 0. The number of hydrogen-bond donors (Lipinski definition) is 0. The molecular formula is C17H26N2O3S. The van der Waals surface area contributed by atoms with Gasteiger partial charge < -0.3 is 4.74 Å². The minimum absolute atomic E-state index is 0.122. The van der Waals surface area contributed by atoms with Crippen LogP contribution in [-0.2, 0) is 21.4 Å². The predicted octanol–water partition coefficient (Wildman–Crippen LogP) is 2.05. The zero-order valence-electron chi connectivity index (χ0n) is 13.6. The minimum atomic E-state index is -3.35. The van der Waals surface area contributed by atoms with Crippen LogP contribution in [0.2, 0.25) is 0 Å². The van der Waals surface area contributed by atoms with E-state index in [2.05, 4.69) is 12.1 Å². The van der Waals surface area contributed by atoms with Gasteiger partial charge in [0.2, 0.25) is 0 Å². The summed E-state index contributed by atoms with van der Waals surface area (Å²) in [5.41, 5.74) is 1.28. The molecule has 0 bridgehead atoms. The maximum Gasteiger partial charge on any atom is 0.282 e. The molecule has 23 heavy (non-hydrogen) atoms. The minimum Gasteiger partial charge on any atom is -0.379 e. The topological polar surface area (TPSA) is 49.9 Å². The second kappa shape index (κ2) is 7.75. The Morgan fingerprint density at radius 1 is 1.04 bits per heavy atom. The summed E-state index contributed by atoms with van der Waals surface area (Å²) in [6.07, 6.45) is 4.88. The van der Waals surface area contributed by atoms with E-state index in [1.54, 1.807) is 8.61 Å². The van der Waals surface area contributed by atoms with Gasteiger partial charge in [-0.3, -0.25) is 0 Å². The Kier molecular flexibility index (Phi) is 5.69. The van der Waals surface area contributed by atoms with Crippen LogP contribution < -0.4 is 0 Å². The van der Waals surface area contributed by atoms with Gasteiger partial charge in [-0.05, 0) is 31.2 Å². The fourth-order valence-corrected chi connectivity index (χ4v) is 5.32. The zero-order chi connectivity index (χ0) is 16.1. The molecule has 5 nitrogen and oxygen atoms in total. The summed E-state index contributed by atoms with van der Waals surface area (Å²) in [4.78, 5) is 0. The standard InChI is InChI=1S/C17H26N2O3S/c20-23(21,18-12-14-22-15-13-18)19-11-5-4-8-17(19)10-9-16-6-2-1-3-7-16/h1-3,6-7,17H,4-5,8-15H2/t17-/m0/s1. The first kappa shape index (κ1) is 16.9. The smallest absolute Gasteiger partial charge is 0.282 e. The normalized spacial score (nSPS) is 24.6. The molecule has 2 fully saturated rings. The second-order valence-electron chi connectivity index (χ2n) is 6.30. The monoisotopic (exact) mass is 338 g/mol. The number of benzene rings is 1. The Morgan fingerprint density at radius 3 is 2.52 bits per heavy atom. The molecule has 2 heterocycles. The van der Waals surface area contributed by atoms with E-state index in [1.165, 1.54) is 5.56 Å². The molecule has 0 spiro atoms. The highest BCUT2D eigenvalue weighted by atomic mass is 32.2. The molecule has 6 heteroatoms. The average molecular weight is 338 g/mol. The number of nitrogens with zero attached hydrogens (tertiary/aromatic N) is 2.